The van der Waals surface area contributed by atoms with Gasteiger partial charge in [0.25, 0.3) is 0 Å². The number of benzene rings is 1. The smallest absolute Gasteiger partial charge is 0.340 e. The van der Waals surface area contributed by atoms with Gasteiger partial charge in [-0.1, -0.05) is 18.2 Å². The number of hydrogen-bond acceptors (Lipinski definition) is 8. The standard InChI is InChI=1S/C17H16N6O2/c1-11-7-8-12(9-19-11)15(24)25-10-14-21-16(18)23-17(22-14)20-13-5-3-2-4-6-13/h2-9H,10H2,1H3,(H3,18,20,21,22,23). The van der Waals surface area contributed by atoms with E-state index in [1.165, 1.54) is 6.20 Å². The Kier molecular flexibility index (Phi) is 4.79. The van der Waals surface area contributed by atoms with E-state index < -0.39 is 5.97 Å². The molecule has 2 aromatic heterocycles. The molecule has 3 rings (SSSR count). The molecule has 25 heavy (non-hydrogen) atoms. The third kappa shape index (κ3) is 4.47. The van der Waals surface area contributed by atoms with E-state index in [9.17, 15) is 4.79 Å². The molecular formula is C17H16N6O2. The van der Waals surface area contributed by atoms with E-state index in [1.807, 2.05) is 37.3 Å². The minimum absolute atomic E-state index is 0.0384. The van der Waals surface area contributed by atoms with Crippen LogP contribution in [0.5, 0.6) is 0 Å². The second-order valence-electron chi connectivity index (χ2n) is 5.19. The fraction of sp³-hybridized carbons (Fsp3) is 0.118. The fourth-order valence-electron chi connectivity index (χ4n) is 2.01. The van der Waals surface area contributed by atoms with E-state index >= 15 is 0 Å². The zero-order chi connectivity index (χ0) is 17.6. The number of nitrogens with zero attached hydrogens (tertiary/aromatic N) is 4. The van der Waals surface area contributed by atoms with Crippen molar-refractivity contribution < 1.29 is 9.53 Å². The summed E-state index contributed by atoms with van der Waals surface area (Å²) in [6.07, 6.45) is 1.46. The van der Waals surface area contributed by atoms with E-state index in [2.05, 4.69) is 25.3 Å². The van der Waals surface area contributed by atoms with Crippen molar-refractivity contribution in [2.45, 2.75) is 13.5 Å². The highest BCUT2D eigenvalue weighted by Crippen LogP contribution is 2.13. The van der Waals surface area contributed by atoms with Gasteiger partial charge in [-0.2, -0.15) is 15.0 Å². The van der Waals surface area contributed by atoms with E-state index in [-0.39, 0.29) is 24.3 Å². The second kappa shape index (κ2) is 7.35. The Morgan fingerprint density at radius 2 is 1.92 bits per heavy atom. The first-order chi connectivity index (χ1) is 12.1. The number of rotatable bonds is 5. The summed E-state index contributed by atoms with van der Waals surface area (Å²) in [6.45, 7) is 1.72. The van der Waals surface area contributed by atoms with Crippen LogP contribution in [0.25, 0.3) is 0 Å². The summed E-state index contributed by atoms with van der Waals surface area (Å²) in [4.78, 5) is 28.3. The summed E-state index contributed by atoms with van der Waals surface area (Å²) in [7, 11) is 0. The van der Waals surface area contributed by atoms with Gasteiger partial charge >= 0.3 is 5.97 Å². The van der Waals surface area contributed by atoms with Crippen LogP contribution >= 0.6 is 0 Å². The van der Waals surface area contributed by atoms with Gasteiger partial charge in [0.2, 0.25) is 11.9 Å². The van der Waals surface area contributed by atoms with Crippen molar-refractivity contribution in [3.63, 3.8) is 0 Å². The highest BCUT2D eigenvalue weighted by Gasteiger charge is 2.11. The molecule has 0 amide bonds. The molecule has 1 aromatic carbocycles. The van der Waals surface area contributed by atoms with Crippen molar-refractivity contribution in [3.8, 4) is 0 Å². The van der Waals surface area contributed by atoms with Gasteiger partial charge in [0.1, 0.15) is 0 Å². The number of nitrogen functional groups attached to an aromatic ring is 1. The Bertz CT molecular complexity index is 868. The number of aryl methyl sites for hydroxylation is 1. The lowest BCUT2D eigenvalue weighted by Crippen LogP contribution is -2.11. The number of hydrogen-bond donors (Lipinski definition) is 2. The molecule has 0 fully saturated rings. The van der Waals surface area contributed by atoms with Crippen molar-refractivity contribution >= 4 is 23.6 Å². The first kappa shape index (κ1) is 16.3. The predicted molar refractivity (Wildman–Crippen MR) is 92.1 cm³/mol. The van der Waals surface area contributed by atoms with Crippen LogP contribution in [-0.2, 0) is 11.3 Å². The maximum atomic E-state index is 12.0. The molecule has 0 aliphatic heterocycles. The number of carbonyl (C=O) groups excluding carboxylic acids is 1. The Morgan fingerprint density at radius 3 is 2.64 bits per heavy atom. The predicted octanol–water partition coefficient (Wildman–Crippen LogP) is 2.26. The first-order valence-corrected chi connectivity index (χ1v) is 7.52. The number of nitrogens with two attached hydrogens (primary N) is 1. The first-order valence-electron chi connectivity index (χ1n) is 7.52. The fourth-order valence-corrected chi connectivity index (χ4v) is 2.01. The molecule has 0 atom stereocenters. The third-order valence-electron chi connectivity index (χ3n) is 3.21. The quantitative estimate of drug-likeness (QED) is 0.682. The summed E-state index contributed by atoms with van der Waals surface area (Å²) < 4.78 is 5.20. The van der Waals surface area contributed by atoms with E-state index in [0.29, 0.717) is 5.56 Å². The zero-order valence-electron chi connectivity index (χ0n) is 13.5. The molecule has 3 N–H and O–H groups in total. The monoisotopic (exact) mass is 336 g/mol. The highest BCUT2D eigenvalue weighted by atomic mass is 16.5. The van der Waals surface area contributed by atoms with Gasteiger partial charge in [-0.25, -0.2) is 4.79 Å². The minimum atomic E-state index is -0.510. The molecule has 0 unspecified atom stereocenters. The van der Waals surface area contributed by atoms with Gasteiger partial charge in [0.05, 0.1) is 5.56 Å². The van der Waals surface area contributed by atoms with Gasteiger partial charge in [0.15, 0.2) is 12.4 Å². The molecular weight excluding hydrogens is 320 g/mol. The van der Waals surface area contributed by atoms with Crippen molar-refractivity contribution in [2.24, 2.45) is 0 Å². The van der Waals surface area contributed by atoms with Crippen LogP contribution in [0.1, 0.15) is 21.9 Å². The van der Waals surface area contributed by atoms with Gasteiger partial charge in [0, 0.05) is 17.6 Å². The molecule has 0 saturated carbocycles. The number of pyridine rings is 1. The van der Waals surface area contributed by atoms with E-state index in [1.54, 1.807) is 12.1 Å². The average Bonchev–Trinajstić information content (AvgIpc) is 2.61. The Labute approximate surface area is 144 Å². The molecule has 126 valence electrons. The molecule has 8 heteroatoms. The van der Waals surface area contributed by atoms with Crippen LogP contribution in [-0.4, -0.2) is 25.9 Å². The third-order valence-corrected chi connectivity index (χ3v) is 3.21. The van der Waals surface area contributed by atoms with Crippen LogP contribution in [0.15, 0.2) is 48.7 Å². The molecule has 2 heterocycles. The lowest BCUT2D eigenvalue weighted by atomic mass is 10.2. The maximum Gasteiger partial charge on any atom is 0.340 e. The number of esters is 1. The normalized spacial score (nSPS) is 10.3. The molecule has 0 bridgehead atoms. The number of carbonyl (C=O) groups is 1. The van der Waals surface area contributed by atoms with Crippen LogP contribution in [0.4, 0.5) is 17.6 Å². The Hall–Kier alpha value is -3.55. The molecule has 0 saturated heterocycles. The van der Waals surface area contributed by atoms with Crippen LogP contribution in [0, 0.1) is 6.92 Å². The van der Waals surface area contributed by atoms with Crippen LogP contribution in [0.3, 0.4) is 0 Å². The van der Waals surface area contributed by atoms with Crippen molar-refractivity contribution in [3.05, 3.63) is 65.7 Å². The summed E-state index contributed by atoms with van der Waals surface area (Å²) >= 11 is 0. The average molecular weight is 336 g/mol. The van der Waals surface area contributed by atoms with Gasteiger partial charge in [-0.3, -0.25) is 4.98 Å². The maximum absolute atomic E-state index is 12.0. The van der Waals surface area contributed by atoms with Crippen LogP contribution in [0.2, 0.25) is 0 Å². The lowest BCUT2D eigenvalue weighted by Gasteiger charge is -2.08. The largest absolute Gasteiger partial charge is 0.454 e. The number of para-hydroxylation sites is 1. The summed E-state index contributed by atoms with van der Waals surface area (Å²) in [5.74, 6) is 0.0571. The van der Waals surface area contributed by atoms with Crippen molar-refractivity contribution in [1.29, 1.82) is 0 Å². The Balaban J connectivity index is 1.68. The number of aromatic nitrogens is 4. The summed E-state index contributed by atoms with van der Waals surface area (Å²) in [5.41, 5.74) is 7.68. The van der Waals surface area contributed by atoms with Crippen molar-refractivity contribution in [1.82, 2.24) is 19.9 Å². The SMILES string of the molecule is Cc1ccc(C(=O)OCc2nc(N)nc(Nc3ccccc3)n2)cn1. The summed E-state index contributed by atoms with van der Waals surface area (Å²) in [5, 5.41) is 3.02. The highest BCUT2D eigenvalue weighted by molar-refractivity contribution is 5.88. The topological polar surface area (TPSA) is 116 Å². The number of anilines is 3. The zero-order valence-corrected chi connectivity index (χ0v) is 13.5. The number of ether oxygens (including phenoxy) is 1. The van der Waals surface area contributed by atoms with Crippen LogP contribution < -0.4 is 11.1 Å². The minimum Gasteiger partial charge on any atom is -0.454 e. The lowest BCUT2D eigenvalue weighted by molar-refractivity contribution is 0.0461. The molecule has 3 aromatic rings. The number of nitrogens with one attached hydrogen (secondary N) is 1. The van der Waals surface area contributed by atoms with E-state index in [4.69, 9.17) is 10.5 Å². The molecule has 8 nitrogen and oxygen atoms in total. The van der Waals surface area contributed by atoms with Gasteiger partial charge in [-0.15, -0.1) is 0 Å². The Morgan fingerprint density at radius 1 is 1.12 bits per heavy atom. The second-order valence-corrected chi connectivity index (χ2v) is 5.19. The molecule has 0 radical (unpaired) electrons. The molecule has 0 aliphatic carbocycles. The van der Waals surface area contributed by atoms with E-state index in [0.717, 1.165) is 11.4 Å². The molecule has 0 spiro atoms. The van der Waals surface area contributed by atoms with Crippen molar-refractivity contribution in [2.75, 3.05) is 11.1 Å². The van der Waals surface area contributed by atoms with Gasteiger partial charge < -0.3 is 15.8 Å². The summed E-state index contributed by atoms with van der Waals surface area (Å²) in [6, 6.07) is 12.8. The van der Waals surface area contributed by atoms with Gasteiger partial charge in [-0.05, 0) is 31.2 Å². The molecule has 0 aliphatic rings.